The van der Waals surface area contributed by atoms with Crippen LogP contribution in [-0.4, -0.2) is 47.0 Å². The van der Waals surface area contributed by atoms with E-state index in [0.29, 0.717) is 32.1 Å². The van der Waals surface area contributed by atoms with E-state index in [0.717, 1.165) is 0 Å². The Labute approximate surface area is 81.2 Å². The highest BCUT2D eigenvalue weighted by atomic mass is 16.5. The molecule has 76 valence electrons. The highest BCUT2D eigenvalue weighted by molar-refractivity contribution is 5.76. The predicted octanol–water partition coefficient (Wildman–Crippen LogP) is -0.234. The van der Waals surface area contributed by atoms with Crippen LogP contribution in [0.15, 0.2) is 12.3 Å². The normalized spacial score (nSPS) is 17.0. The Balaban J connectivity index is 2.07. The third-order valence-electron chi connectivity index (χ3n) is 2.09. The number of nitrogen functional groups attached to an aromatic ring is 1. The molecule has 6 heteroatoms. The van der Waals surface area contributed by atoms with Crippen LogP contribution in [0.25, 0.3) is 0 Å². The molecule has 0 atom stereocenters. The largest absolute Gasteiger partial charge is 0.382 e. The molecule has 14 heavy (non-hydrogen) atoms. The summed E-state index contributed by atoms with van der Waals surface area (Å²) >= 11 is 0. The Morgan fingerprint density at radius 3 is 2.79 bits per heavy atom. The highest BCUT2D eigenvalue weighted by Crippen LogP contribution is 2.02. The number of carbonyl (C=O) groups is 1. The van der Waals surface area contributed by atoms with Crippen LogP contribution in [0.3, 0.4) is 0 Å². The monoisotopic (exact) mass is 196 g/mol. The number of morpholine rings is 1. The summed E-state index contributed by atoms with van der Waals surface area (Å²) in [6.07, 6.45) is 1.56. The minimum absolute atomic E-state index is 0.148. The van der Waals surface area contributed by atoms with E-state index in [9.17, 15) is 4.79 Å². The van der Waals surface area contributed by atoms with Crippen molar-refractivity contribution in [2.24, 2.45) is 0 Å². The molecule has 6 nitrogen and oxygen atoms in total. The number of nitrogens with two attached hydrogens (primary N) is 1. The van der Waals surface area contributed by atoms with Gasteiger partial charge in [0.05, 0.1) is 13.2 Å². The number of hydrogen-bond acceptors (Lipinski definition) is 4. The fourth-order valence-corrected chi connectivity index (χ4v) is 1.34. The molecule has 2 heterocycles. The summed E-state index contributed by atoms with van der Waals surface area (Å²) in [7, 11) is 0. The molecule has 2 N–H and O–H groups in total. The molecule has 1 aromatic rings. The lowest BCUT2D eigenvalue weighted by atomic mass is 10.4. The molecule has 1 saturated heterocycles. The third-order valence-corrected chi connectivity index (χ3v) is 2.09. The maximum atomic E-state index is 11.7. The van der Waals surface area contributed by atoms with Gasteiger partial charge in [-0.3, -0.25) is 0 Å². The van der Waals surface area contributed by atoms with Crippen molar-refractivity contribution in [1.82, 2.24) is 14.7 Å². The van der Waals surface area contributed by atoms with Crippen LogP contribution in [0.4, 0.5) is 10.6 Å². The van der Waals surface area contributed by atoms with E-state index in [2.05, 4.69) is 5.10 Å². The van der Waals surface area contributed by atoms with Crippen molar-refractivity contribution in [3.63, 3.8) is 0 Å². The van der Waals surface area contributed by atoms with E-state index in [1.165, 1.54) is 4.68 Å². The average molecular weight is 196 g/mol. The fraction of sp³-hybridized carbons (Fsp3) is 0.500. The van der Waals surface area contributed by atoms with Crippen molar-refractivity contribution in [3.05, 3.63) is 12.3 Å². The second kappa shape index (κ2) is 3.67. The van der Waals surface area contributed by atoms with E-state index < -0.39 is 0 Å². The van der Waals surface area contributed by atoms with Crippen molar-refractivity contribution < 1.29 is 9.53 Å². The Bertz CT molecular complexity index is 330. The van der Waals surface area contributed by atoms with Crippen LogP contribution in [-0.2, 0) is 4.74 Å². The van der Waals surface area contributed by atoms with Gasteiger partial charge in [-0.1, -0.05) is 0 Å². The number of anilines is 1. The summed E-state index contributed by atoms with van der Waals surface area (Å²) in [5, 5.41) is 3.85. The quantitative estimate of drug-likeness (QED) is 0.621. The van der Waals surface area contributed by atoms with Crippen LogP contribution in [0.1, 0.15) is 0 Å². The van der Waals surface area contributed by atoms with Gasteiger partial charge in [-0.05, 0) is 0 Å². The van der Waals surface area contributed by atoms with Crippen LogP contribution < -0.4 is 5.73 Å². The Kier molecular flexibility index (Phi) is 2.36. The van der Waals surface area contributed by atoms with Gasteiger partial charge in [0.1, 0.15) is 5.82 Å². The van der Waals surface area contributed by atoms with Crippen molar-refractivity contribution in [1.29, 1.82) is 0 Å². The van der Waals surface area contributed by atoms with Crippen molar-refractivity contribution in [2.75, 3.05) is 32.0 Å². The lowest BCUT2D eigenvalue weighted by molar-refractivity contribution is 0.0529. The van der Waals surface area contributed by atoms with Gasteiger partial charge in [-0.25, -0.2) is 4.79 Å². The second-order valence-electron chi connectivity index (χ2n) is 3.07. The molecule has 0 spiro atoms. The van der Waals surface area contributed by atoms with Crippen LogP contribution in [0, 0.1) is 0 Å². The van der Waals surface area contributed by atoms with E-state index in [1.807, 2.05) is 0 Å². The van der Waals surface area contributed by atoms with E-state index >= 15 is 0 Å². The topological polar surface area (TPSA) is 73.4 Å². The summed E-state index contributed by atoms with van der Waals surface area (Å²) in [4.78, 5) is 13.4. The maximum absolute atomic E-state index is 11.7. The molecule has 2 rings (SSSR count). The highest BCUT2D eigenvalue weighted by Gasteiger charge is 2.18. The molecule has 1 aliphatic heterocycles. The number of ether oxygens (including phenoxy) is 1. The zero-order chi connectivity index (χ0) is 9.97. The zero-order valence-corrected chi connectivity index (χ0v) is 7.72. The Morgan fingerprint density at radius 2 is 2.21 bits per heavy atom. The molecular weight excluding hydrogens is 184 g/mol. The number of aromatic nitrogens is 2. The SMILES string of the molecule is Nc1ccn(C(=O)N2CCOCC2)n1. The van der Waals surface area contributed by atoms with E-state index in [1.54, 1.807) is 17.2 Å². The molecule has 0 saturated carbocycles. The molecule has 0 radical (unpaired) electrons. The van der Waals surface area contributed by atoms with E-state index in [4.69, 9.17) is 10.5 Å². The van der Waals surface area contributed by atoms with Crippen LogP contribution >= 0.6 is 0 Å². The van der Waals surface area contributed by atoms with Gasteiger partial charge in [-0.15, -0.1) is 5.10 Å². The molecule has 0 unspecified atom stereocenters. The molecule has 0 aromatic carbocycles. The third kappa shape index (κ3) is 1.69. The minimum atomic E-state index is -0.148. The molecule has 1 fully saturated rings. The zero-order valence-electron chi connectivity index (χ0n) is 7.72. The Morgan fingerprint density at radius 1 is 1.50 bits per heavy atom. The van der Waals surface area contributed by atoms with Gasteiger partial charge >= 0.3 is 6.03 Å². The summed E-state index contributed by atoms with van der Waals surface area (Å²) in [6.45, 7) is 2.39. The number of hydrogen-bond donors (Lipinski definition) is 1. The molecule has 0 bridgehead atoms. The first-order valence-corrected chi connectivity index (χ1v) is 4.45. The van der Waals surface area contributed by atoms with Gasteiger partial charge < -0.3 is 15.4 Å². The summed E-state index contributed by atoms with van der Waals surface area (Å²) in [6, 6.07) is 1.45. The fourth-order valence-electron chi connectivity index (χ4n) is 1.34. The van der Waals surface area contributed by atoms with Crippen LogP contribution in [0.5, 0.6) is 0 Å². The van der Waals surface area contributed by atoms with Gasteiger partial charge in [0.25, 0.3) is 0 Å². The summed E-state index contributed by atoms with van der Waals surface area (Å²) in [5.41, 5.74) is 5.42. The Hall–Kier alpha value is -1.56. The van der Waals surface area contributed by atoms with E-state index in [-0.39, 0.29) is 6.03 Å². The number of rotatable bonds is 0. The lowest BCUT2D eigenvalue weighted by Gasteiger charge is -2.26. The smallest absolute Gasteiger partial charge is 0.344 e. The van der Waals surface area contributed by atoms with Gasteiger partial charge in [0.2, 0.25) is 0 Å². The maximum Gasteiger partial charge on any atom is 0.344 e. The average Bonchev–Trinajstić information content (AvgIpc) is 2.65. The summed E-state index contributed by atoms with van der Waals surface area (Å²) < 4.78 is 6.39. The van der Waals surface area contributed by atoms with Gasteiger partial charge in [-0.2, -0.15) is 4.68 Å². The number of carbonyl (C=O) groups excluding carboxylic acids is 1. The standard InChI is InChI=1S/C8H12N4O2/c9-7-1-2-12(10-7)8(13)11-3-5-14-6-4-11/h1-2H,3-6H2,(H2,9,10). The van der Waals surface area contributed by atoms with Gasteiger partial charge in [0.15, 0.2) is 0 Å². The minimum Gasteiger partial charge on any atom is -0.382 e. The van der Waals surface area contributed by atoms with Crippen molar-refractivity contribution in [2.45, 2.75) is 0 Å². The molecular formula is C8H12N4O2. The molecule has 1 amide bonds. The first-order chi connectivity index (χ1) is 6.77. The molecule has 0 aliphatic carbocycles. The number of nitrogens with zero attached hydrogens (tertiary/aromatic N) is 3. The summed E-state index contributed by atoms with van der Waals surface area (Å²) in [5.74, 6) is 0.353. The van der Waals surface area contributed by atoms with Crippen LogP contribution in [0.2, 0.25) is 0 Å². The predicted molar refractivity (Wildman–Crippen MR) is 49.8 cm³/mol. The first kappa shape index (κ1) is 9.01. The van der Waals surface area contributed by atoms with Crippen molar-refractivity contribution in [3.8, 4) is 0 Å². The molecule has 1 aromatic heterocycles. The van der Waals surface area contributed by atoms with Crippen molar-refractivity contribution >= 4 is 11.8 Å². The molecule has 1 aliphatic rings. The number of amides is 1. The van der Waals surface area contributed by atoms with Gasteiger partial charge in [0, 0.05) is 25.4 Å². The lowest BCUT2D eigenvalue weighted by Crippen LogP contribution is -2.43. The second-order valence-corrected chi connectivity index (χ2v) is 3.07. The first-order valence-electron chi connectivity index (χ1n) is 4.45.